The van der Waals surface area contributed by atoms with Crippen LogP contribution in [0.2, 0.25) is 0 Å². The highest BCUT2D eigenvalue weighted by atomic mass is 15.5. The van der Waals surface area contributed by atoms with Crippen molar-refractivity contribution in [2.45, 2.75) is 53.6 Å². The molecule has 0 spiro atoms. The van der Waals surface area contributed by atoms with Crippen molar-refractivity contribution in [1.82, 2.24) is 39.3 Å². The molecule has 168 valence electrons. The van der Waals surface area contributed by atoms with Gasteiger partial charge in [-0.1, -0.05) is 31.2 Å². The summed E-state index contributed by atoms with van der Waals surface area (Å²) in [7, 11) is 0. The number of pyridine rings is 1. The normalized spacial score (nSPS) is 11.5. The second-order valence-electron chi connectivity index (χ2n) is 8.40. The average molecular weight is 441 g/mol. The summed E-state index contributed by atoms with van der Waals surface area (Å²) in [5, 5.41) is 11.7. The highest BCUT2D eigenvalue weighted by Gasteiger charge is 2.16. The largest absolute Gasteiger partial charge is 0.346 e. The summed E-state index contributed by atoms with van der Waals surface area (Å²) in [6, 6.07) is 12.9. The van der Waals surface area contributed by atoms with Gasteiger partial charge in [0.1, 0.15) is 17.7 Å². The van der Waals surface area contributed by atoms with Crippen molar-refractivity contribution in [2.24, 2.45) is 0 Å². The Morgan fingerprint density at radius 1 is 0.970 bits per heavy atom. The summed E-state index contributed by atoms with van der Waals surface area (Å²) in [6.07, 6.45) is 5.69. The quantitative estimate of drug-likeness (QED) is 0.372. The van der Waals surface area contributed by atoms with Gasteiger partial charge in [0.15, 0.2) is 5.65 Å². The van der Waals surface area contributed by atoms with Crippen LogP contribution < -0.4 is 0 Å². The van der Waals surface area contributed by atoms with Crippen molar-refractivity contribution >= 4 is 11.2 Å². The molecule has 0 unspecified atom stereocenters. The van der Waals surface area contributed by atoms with Gasteiger partial charge in [-0.25, -0.2) is 9.97 Å². The van der Waals surface area contributed by atoms with Gasteiger partial charge in [-0.3, -0.25) is 0 Å². The van der Waals surface area contributed by atoms with E-state index in [4.69, 9.17) is 9.97 Å². The average Bonchev–Trinajstić information content (AvgIpc) is 3.54. The highest BCUT2D eigenvalue weighted by molar-refractivity contribution is 5.76. The fourth-order valence-electron chi connectivity index (χ4n) is 4.47. The van der Waals surface area contributed by atoms with E-state index >= 15 is 0 Å². The summed E-state index contributed by atoms with van der Waals surface area (Å²) >= 11 is 0. The lowest BCUT2D eigenvalue weighted by atomic mass is 10.1. The number of aromatic nitrogens is 8. The lowest BCUT2D eigenvalue weighted by molar-refractivity contribution is 0.716. The molecular formula is C25H28N8. The Hall–Kier alpha value is -3.81. The molecule has 0 amide bonds. The van der Waals surface area contributed by atoms with Crippen molar-refractivity contribution in [3.8, 4) is 16.9 Å². The van der Waals surface area contributed by atoms with E-state index in [9.17, 15) is 0 Å². The van der Waals surface area contributed by atoms with Crippen molar-refractivity contribution in [3.63, 3.8) is 0 Å². The van der Waals surface area contributed by atoms with Crippen LogP contribution in [-0.2, 0) is 19.5 Å². The van der Waals surface area contributed by atoms with Gasteiger partial charge in [-0.2, -0.15) is 4.68 Å². The lowest BCUT2D eigenvalue weighted by Crippen LogP contribution is -2.06. The maximum atomic E-state index is 4.94. The van der Waals surface area contributed by atoms with Crippen LogP contribution in [0.5, 0.6) is 0 Å². The SMILES string of the molecule is CCCc1nc2c(C)cc(C)nc2n1Cc1ccc(-c2c(-n3cnnn3)ccn2CC)cc1. The van der Waals surface area contributed by atoms with Crippen LogP contribution in [0, 0.1) is 13.8 Å². The van der Waals surface area contributed by atoms with E-state index in [0.717, 1.165) is 65.6 Å². The van der Waals surface area contributed by atoms with Gasteiger partial charge in [0.2, 0.25) is 0 Å². The standard InChI is InChI=1S/C25H28N8/c1-5-7-22-28-23-17(3)14-18(4)27-25(23)32(22)15-19-8-10-20(11-9-19)24-21(12-13-31(24)6-2)33-16-26-29-30-33/h8-14,16H,5-7,15H2,1-4H3. The number of nitrogens with zero attached hydrogens (tertiary/aromatic N) is 8. The number of hydrogen-bond acceptors (Lipinski definition) is 5. The Morgan fingerprint density at radius 2 is 1.79 bits per heavy atom. The molecule has 0 bridgehead atoms. The fourth-order valence-corrected chi connectivity index (χ4v) is 4.47. The monoisotopic (exact) mass is 440 g/mol. The third kappa shape index (κ3) is 3.82. The summed E-state index contributed by atoms with van der Waals surface area (Å²) in [4.78, 5) is 9.77. The zero-order valence-electron chi connectivity index (χ0n) is 19.5. The molecule has 0 saturated heterocycles. The first-order valence-electron chi connectivity index (χ1n) is 11.4. The number of fused-ring (bicyclic) bond motifs is 1. The molecule has 0 N–H and O–H groups in total. The van der Waals surface area contributed by atoms with Gasteiger partial charge in [-0.05, 0) is 60.9 Å². The molecule has 4 heterocycles. The molecule has 0 saturated carbocycles. The number of aryl methyl sites for hydroxylation is 4. The smallest absolute Gasteiger partial charge is 0.160 e. The van der Waals surface area contributed by atoms with Crippen LogP contribution in [-0.4, -0.2) is 39.3 Å². The van der Waals surface area contributed by atoms with Gasteiger partial charge in [0.25, 0.3) is 0 Å². The summed E-state index contributed by atoms with van der Waals surface area (Å²) in [5.41, 5.74) is 8.60. The third-order valence-corrected chi connectivity index (χ3v) is 6.02. The number of rotatable bonds is 7. The highest BCUT2D eigenvalue weighted by Crippen LogP contribution is 2.29. The second kappa shape index (κ2) is 8.61. The molecule has 0 fully saturated rings. The fraction of sp³-hybridized carbons (Fsp3) is 0.320. The summed E-state index contributed by atoms with van der Waals surface area (Å²) in [6.45, 7) is 10.1. The van der Waals surface area contributed by atoms with Crippen LogP contribution in [0.3, 0.4) is 0 Å². The molecule has 0 aliphatic heterocycles. The zero-order chi connectivity index (χ0) is 22.9. The van der Waals surface area contributed by atoms with Gasteiger partial charge in [0.05, 0.1) is 17.9 Å². The number of tetrazole rings is 1. The predicted octanol–water partition coefficient (Wildman–Crippen LogP) is 4.51. The maximum Gasteiger partial charge on any atom is 0.160 e. The second-order valence-corrected chi connectivity index (χ2v) is 8.40. The van der Waals surface area contributed by atoms with Crippen LogP contribution in [0.25, 0.3) is 28.1 Å². The Morgan fingerprint density at radius 3 is 2.48 bits per heavy atom. The molecule has 0 atom stereocenters. The van der Waals surface area contributed by atoms with E-state index in [1.165, 1.54) is 11.1 Å². The van der Waals surface area contributed by atoms with Crippen LogP contribution >= 0.6 is 0 Å². The van der Waals surface area contributed by atoms with E-state index in [-0.39, 0.29) is 0 Å². The van der Waals surface area contributed by atoms with Crippen molar-refractivity contribution in [1.29, 1.82) is 0 Å². The minimum Gasteiger partial charge on any atom is -0.346 e. The minimum atomic E-state index is 0.747. The van der Waals surface area contributed by atoms with Crippen molar-refractivity contribution < 1.29 is 0 Å². The molecule has 33 heavy (non-hydrogen) atoms. The Bertz CT molecular complexity index is 1390. The van der Waals surface area contributed by atoms with E-state index in [0.29, 0.717) is 0 Å². The van der Waals surface area contributed by atoms with Gasteiger partial charge in [0, 0.05) is 30.4 Å². The molecule has 0 aliphatic carbocycles. The van der Waals surface area contributed by atoms with Crippen LogP contribution in [0.15, 0.2) is 48.9 Å². The topological polar surface area (TPSA) is 79.2 Å². The molecule has 5 aromatic rings. The van der Waals surface area contributed by atoms with E-state index in [1.54, 1.807) is 11.0 Å². The van der Waals surface area contributed by atoms with Crippen molar-refractivity contribution in [2.75, 3.05) is 0 Å². The molecule has 8 nitrogen and oxygen atoms in total. The van der Waals surface area contributed by atoms with Crippen LogP contribution in [0.1, 0.15) is 42.9 Å². The Balaban J connectivity index is 1.52. The molecule has 0 radical (unpaired) electrons. The Kier molecular flexibility index (Phi) is 5.50. The minimum absolute atomic E-state index is 0.747. The third-order valence-electron chi connectivity index (χ3n) is 6.02. The first-order chi connectivity index (χ1) is 16.1. The molecule has 4 aromatic heterocycles. The van der Waals surface area contributed by atoms with Gasteiger partial charge < -0.3 is 9.13 Å². The summed E-state index contributed by atoms with van der Waals surface area (Å²) in [5.74, 6) is 1.10. The molecule has 8 heteroatoms. The molecule has 1 aromatic carbocycles. The van der Waals surface area contributed by atoms with Gasteiger partial charge in [-0.15, -0.1) is 5.10 Å². The van der Waals surface area contributed by atoms with Gasteiger partial charge >= 0.3 is 0 Å². The first kappa shape index (κ1) is 21.1. The van der Waals surface area contributed by atoms with E-state index in [1.807, 2.05) is 13.0 Å². The zero-order valence-corrected chi connectivity index (χ0v) is 19.5. The summed E-state index contributed by atoms with van der Waals surface area (Å²) < 4.78 is 6.19. The number of benzene rings is 1. The molecule has 5 rings (SSSR count). The number of hydrogen-bond donors (Lipinski definition) is 0. The van der Waals surface area contributed by atoms with Crippen molar-refractivity contribution in [3.05, 3.63) is 71.6 Å². The van der Waals surface area contributed by atoms with Crippen LogP contribution in [0.4, 0.5) is 0 Å². The molecular weight excluding hydrogens is 412 g/mol. The van der Waals surface area contributed by atoms with E-state index < -0.39 is 0 Å². The number of imidazole rings is 1. The lowest BCUT2D eigenvalue weighted by Gasteiger charge is -2.12. The molecule has 0 aliphatic rings. The van der Waals surface area contributed by atoms with E-state index in [2.05, 4.69) is 82.0 Å². The Labute approximate surface area is 192 Å². The predicted molar refractivity (Wildman–Crippen MR) is 128 cm³/mol. The first-order valence-corrected chi connectivity index (χ1v) is 11.4. The maximum absolute atomic E-state index is 4.94.